The van der Waals surface area contributed by atoms with Crippen LogP contribution >= 0.6 is 34.5 Å². The molecule has 0 aliphatic rings. The maximum Gasteiger partial charge on any atom is 0.259 e. The van der Waals surface area contributed by atoms with Crippen molar-refractivity contribution in [2.75, 3.05) is 7.11 Å². The summed E-state index contributed by atoms with van der Waals surface area (Å²) in [7, 11) is 1.63. The molecule has 2 aromatic heterocycles. The second-order valence-electron chi connectivity index (χ2n) is 5.88. The number of hydrogen-bond donors (Lipinski definition) is 1. The zero-order valence-corrected chi connectivity index (χ0v) is 16.9. The number of thiazole rings is 1. The van der Waals surface area contributed by atoms with Crippen molar-refractivity contribution in [1.29, 1.82) is 0 Å². The van der Waals surface area contributed by atoms with Gasteiger partial charge in [-0.15, -0.1) is 11.3 Å². The minimum absolute atomic E-state index is 0.275. The third-order valence-corrected chi connectivity index (χ3v) is 5.44. The Morgan fingerprint density at radius 1 is 1.21 bits per heavy atom. The topological polar surface area (TPSA) is 67.9 Å². The number of rotatable bonds is 4. The third-order valence-electron chi connectivity index (χ3n) is 4.01. The van der Waals surface area contributed by atoms with E-state index in [0.29, 0.717) is 21.6 Å². The van der Waals surface area contributed by atoms with Gasteiger partial charge in [0.25, 0.3) is 5.56 Å². The van der Waals surface area contributed by atoms with Gasteiger partial charge < -0.3 is 9.72 Å². The fraction of sp³-hybridized carbons (Fsp3) is 0.0500. The summed E-state index contributed by atoms with van der Waals surface area (Å²) < 4.78 is 5.25. The van der Waals surface area contributed by atoms with Crippen molar-refractivity contribution in [3.05, 3.63) is 74.7 Å². The largest absolute Gasteiger partial charge is 0.497 e. The Labute approximate surface area is 174 Å². The van der Waals surface area contributed by atoms with Crippen LogP contribution in [0.5, 0.6) is 5.75 Å². The zero-order valence-electron chi connectivity index (χ0n) is 14.6. The zero-order chi connectivity index (χ0) is 19.7. The van der Waals surface area contributed by atoms with Crippen LogP contribution < -0.4 is 10.3 Å². The summed E-state index contributed by atoms with van der Waals surface area (Å²) in [6, 6.07) is 12.6. The minimum atomic E-state index is -0.301. The maximum atomic E-state index is 12.3. The summed E-state index contributed by atoms with van der Waals surface area (Å²) in [5.41, 5.74) is 1.84. The summed E-state index contributed by atoms with van der Waals surface area (Å²) in [4.78, 5) is 24.0. The Morgan fingerprint density at radius 2 is 2.07 bits per heavy atom. The number of hydrogen-bond acceptors (Lipinski definition) is 5. The molecule has 8 heteroatoms. The molecule has 4 rings (SSSR count). The first kappa shape index (κ1) is 18.7. The molecule has 0 saturated heterocycles. The smallest absolute Gasteiger partial charge is 0.259 e. The molecule has 0 aliphatic carbocycles. The first-order valence-corrected chi connectivity index (χ1v) is 9.84. The summed E-state index contributed by atoms with van der Waals surface area (Å²) >= 11 is 13.8. The van der Waals surface area contributed by atoms with Gasteiger partial charge in [0.2, 0.25) is 0 Å². The highest BCUT2D eigenvalue weighted by atomic mass is 35.5. The van der Waals surface area contributed by atoms with E-state index in [1.165, 1.54) is 11.3 Å². The molecular weight excluding hydrogens is 417 g/mol. The van der Waals surface area contributed by atoms with E-state index in [0.717, 1.165) is 16.3 Å². The van der Waals surface area contributed by atoms with Crippen LogP contribution in [0.25, 0.3) is 32.6 Å². The van der Waals surface area contributed by atoms with E-state index in [2.05, 4.69) is 15.0 Å². The van der Waals surface area contributed by atoms with Crippen LogP contribution in [0, 0.1) is 0 Å². The number of methoxy groups -OCH3 is 1. The molecule has 0 aliphatic heterocycles. The number of aromatic nitrogens is 3. The Hall–Kier alpha value is -2.67. The molecule has 0 atom stereocenters. The third kappa shape index (κ3) is 3.80. The molecule has 2 heterocycles. The average Bonchev–Trinajstić information content (AvgIpc) is 3.17. The van der Waals surface area contributed by atoms with Crippen molar-refractivity contribution in [2.45, 2.75) is 0 Å². The van der Waals surface area contributed by atoms with Crippen molar-refractivity contribution < 1.29 is 4.74 Å². The number of benzene rings is 2. The lowest BCUT2D eigenvalue weighted by atomic mass is 10.2. The molecule has 4 aromatic rings. The van der Waals surface area contributed by atoms with Crippen molar-refractivity contribution in [3.63, 3.8) is 0 Å². The predicted molar refractivity (Wildman–Crippen MR) is 115 cm³/mol. The van der Waals surface area contributed by atoms with Gasteiger partial charge in [-0.25, -0.2) is 9.97 Å². The number of H-pyrrole nitrogens is 1. The van der Waals surface area contributed by atoms with Crippen LogP contribution in [-0.4, -0.2) is 22.1 Å². The Morgan fingerprint density at radius 3 is 2.89 bits per heavy atom. The molecule has 0 amide bonds. The van der Waals surface area contributed by atoms with Crippen LogP contribution in [0.1, 0.15) is 11.5 Å². The Balaban J connectivity index is 1.68. The lowest BCUT2D eigenvalue weighted by Crippen LogP contribution is -2.10. The summed E-state index contributed by atoms with van der Waals surface area (Å²) in [5.74, 6) is 1.04. The van der Waals surface area contributed by atoms with E-state index < -0.39 is 0 Å². The molecule has 28 heavy (non-hydrogen) atoms. The van der Waals surface area contributed by atoms with Gasteiger partial charge in [-0.2, -0.15) is 0 Å². The predicted octanol–water partition coefficient (Wildman–Crippen LogP) is 5.45. The van der Waals surface area contributed by atoms with Crippen LogP contribution in [0.3, 0.4) is 0 Å². The standard InChI is InChI=1S/C20H13Cl2N3O2S/c1-27-14-4-2-3-11(7-14)20-23-13(10-28-20)9-16(22)18-24-17-6-5-12(21)8-15(17)19(26)25-18/h2-10H,1H3,(H,24,25,26)/b16-9-. The molecular formula is C20H13Cl2N3O2S. The lowest BCUT2D eigenvalue weighted by molar-refractivity contribution is 0.415. The summed E-state index contributed by atoms with van der Waals surface area (Å²) in [6.45, 7) is 0. The monoisotopic (exact) mass is 429 g/mol. The quantitative estimate of drug-likeness (QED) is 0.468. The molecule has 0 bridgehead atoms. The number of halogens is 2. The van der Waals surface area contributed by atoms with Crippen LogP contribution in [0.15, 0.2) is 52.6 Å². The summed E-state index contributed by atoms with van der Waals surface area (Å²) in [6.07, 6.45) is 1.67. The number of nitrogens with zero attached hydrogens (tertiary/aromatic N) is 2. The number of ether oxygens (including phenoxy) is 1. The number of nitrogens with one attached hydrogen (secondary N) is 1. The first-order chi connectivity index (χ1) is 13.5. The molecule has 0 unspecified atom stereocenters. The molecule has 0 fully saturated rings. The highest BCUT2D eigenvalue weighted by Gasteiger charge is 2.10. The maximum absolute atomic E-state index is 12.3. The highest BCUT2D eigenvalue weighted by molar-refractivity contribution is 7.13. The van der Waals surface area contributed by atoms with E-state index in [1.54, 1.807) is 31.4 Å². The van der Waals surface area contributed by atoms with Crippen LogP contribution in [-0.2, 0) is 0 Å². The van der Waals surface area contributed by atoms with E-state index in [1.807, 2.05) is 29.6 Å². The van der Waals surface area contributed by atoms with E-state index in [4.69, 9.17) is 27.9 Å². The molecule has 0 radical (unpaired) electrons. The summed E-state index contributed by atoms with van der Waals surface area (Å²) in [5, 5.41) is 3.90. The van der Waals surface area contributed by atoms with Gasteiger partial charge in [0, 0.05) is 16.0 Å². The Kier molecular flexibility index (Phi) is 5.17. The SMILES string of the molecule is COc1cccc(-c2nc(/C=C(\Cl)c3nc4ccc(Cl)cc4c(=O)[nH]3)cs2)c1. The first-order valence-electron chi connectivity index (χ1n) is 8.20. The highest BCUT2D eigenvalue weighted by Crippen LogP contribution is 2.29. The molecule has 0 saturated carbocycles. The van der Waals surface area contributed by atoms with Gasteiger partial charge in [0.1, 0.15) is 10.8 Å². The van der Waals surface area contributed by atoms with Gasteiger partial charge in [0.05, 0.1) is 28.7 Å². The minimum Gasteiger partial charge on any atom is -0.497 e. The van der Waals surface area contributed by atoms with Gasteiger partial charge in [0.15, 0.2) is 5.82 Å². The van der Waals surface area contributed by atoms with E-state index in [9.17, 15) is 4.79 Å². The average molecular weight is 430 g/mol. The van der Waals surface area contributed by atoms with Gasteiger partial charge >= 0.3 is 0 Å². The van der Waals surface area contributed by atoms with Gasteiger partial charge in [-0.1, -0.05) is 35.3 Å². The van der Waals surface area contributed by atoms with Gasteiger partial charge in [-0.3, -0.25) is 4.79 Å². The fourth-order valence-electron chi connectivity index (χ4n) is 2.66. The Bertz CT molecular complexity index is 1260. The van der Waals surface area contributed by atoms with E-state index >= 15 is 0 Å². The van der Waals surface area contributed by atoms with Crippen molar-refractivity contribution in [2.24, 2.45) is 0 Å². The second-order valence-corrected chi connectivity index (χ2v) is 7.58. The molecule has 0 spiro atoms. The van der Waals surface area contributed by atoms with Crippen molar-refractivity contribution in [3.8, 4) is 16.3 Å². The van der Waals surface area contributed by atoms with Crippen molar-refractivity contribution in [1.82, 2.24) is 15.0 Å². The molecule has 140 valence electrons. The number of aromatic amines is 1. The van der Waals surface area contributed by atoms with E-state index in [-0.39, 0.29) is 16.4 Å². The molecule has 1 N–H and O–H groups in total. The van der Waals surface area contributed by atoms with Gasteiger partial charge in [-0.05, 0) is 36.4 Å². The molecule has 2 aromatic carbocycles. The fourth-order valence-corrected chi connectivity index (χ4v) is 3.81. The number of fused-ring (bicyclic) bond motifs is 1. The van der Waals surface area contributed by atoms with Crippen molar-refractivity contribution >= 4 is 56.5 Å². The normalized spacial score (nSPS) is 11.8. The molecule has 5 nitrogen and oxygen atoms in total. The van der Waals surface area contributed by atoms with Crippen LogP contribution in [0.2, 0.25) is 5.02 Å². The van der Waals surface area contributed by atoms with Crippen LogP contribution in [0.4, 0.5) is 0 Å². The lowest BCUT2D eigenvalue weighted by Gasteiger charge is -2.02. The second kappa shape index (κ2) is 7.75.